The first-order valence-electron chi connectivity index (χ1n) is 10.1. The third kappa shape index (κ3) is 5.22. The number of alkyl halides is 3. The van der Waals surface area contributed by atoms with Gasteiger partial charge in [0.1, 0.15) is 5.69 Å². The molecule has 0 saturated heterocycles. The number of hydrogen-bond donors (Lipinski definition) is 1. The second-order valence-corrected chi connectivity index (χ2v) is 7.78. The van der Waals surface area contributed by atoms with Crippen molar-refractivity contribution in [3.63, 3.8) is 0 Å². The highest BCUT2D eigenvalue weighted by molar-refractivity contribution is 6.34. The maximum atomic E-state index is 13.2. The van der Waals surface area contributed by atoms with Crippen molar-refractivity contribution < 1.29 is 27.5 Å². The van der Waals surface area contributed by atoms with Crippen LogP contribution in [0.3, 0.4) is 0 Å². The lowest BCUT2D eigenvalue weighted by Gasteiger charge is -2.13. The summed E-state index contributed by atoms with van der Waals surface area (Å²) in [6.45, 7) is 5.40. The molecule has 3 rings (SSSR count). The SMILES string of the molecule is CCOC(=O)c1c(C)c(C(=O)Nc2cc(C(F)(F)F)ccc2Cl)c(C)n1Cc1ccccc1. The van der Waals surface area contributed by atoms with Crippen LogP contribution in [0.4, 0.5) is 18.9 Å². The molecule has 3 aromatic rings. The molecule has 0 aliphatic heterocycles. The zero-order valence-corrected chi connectivity index (χ0v) is 19.0. The second kappa shape index (κ2) is 9.70. The molecule has 2 aromatic carbocycles. The number of rotatable bonds is 6. The Morgan fingerprint density at radius 1 is 1.09 bits per heavy atom. The predicted octanol–water partition coefficient (Wildman–Crippen LogP) is 6.25. The lowest BCUT2D eigenvalue weighted by atomic mass is 10.1. The Morgan fingerprint density at radius 2 is 1.76 bits per heavy atom. The number of anilines is 1. The monoisotopic (exact) mass is 478 g/mol. The van der Waals surface area contributed by atoms with Crippen molar-refractivity contribution in [3.05, 3.63) is 87.2 Å². The Kier molecular flexibility index (Phi) is 7.17. The van der Waals surface area contributed by atoms with Crippen molar-refractivity contribution in [2.75, 3.05) is 11.9 Å². The molecule has 9 heteroatoms. The van der Waals surface area contributed by atoms with Gasteiger partial charge in [-0.25, -0.2) is 4.79 Å². The highest BCUT2D eigenvalue weighted by Gasteiger charge is 2.32. The summed E-state index contributed by atoms with van der Waals surface area (Å²) in [5, 5.41) is 2.42. The first-order valence-corrected chi connectivity index (χ1v) is 10.5. The van der Waals surface area contributed by atoms with Gasteiger partial charge < -0.3 is 14.6 Å². The Morgan fingerprint density at radius 3 is 2.36 bits per heavy atom. The van der Waals surface area contributed by atoms with E-state index in [1.165, 1.54) is 0 Å². The molecule has 1 aromatic heterocycles. The molecule has 1 N–H and O–H groups in total. The minimum absolute atomic E-state index is 0.0407. The molecule has 0 aliphatic rings. The maximum absolute atomic E-state index is 13.2. The van der Waals surface area contributed by atoms with Crippen LogP contribution >= 0.6 is 11.6 Å². The maximum Gasteiger partial charge on any atom is 0.416 e. The summed E-state index contributed by atoms with van der Waals surface area (Å²) in [4.78, 5) is 25.9. The first-order chi connectivity index (χ1) is 15.5. The molecule has 1 heterocycles. The number of halogens is 4. The minimum atomic E-state index is -4.59. The molecule has 0 fully saturated rings. The fourth-order valence-corrected chi connectivity index (χ4v) is 3.80. The van der Waals surface area contributed by atoms with E-state index in [1.54, 1.807) is 25.3 Å². The van der Waals surface area contributed by atoms with E-state index in [9.17, 15) is 22.8 Å². The molecule has 0 aliphatic carbocycles. The zero-order chi connectivity index (χ0) is 24.3. The lowest BCUT2D eigenvalue weighted by Crippen LogP contribution is -2.15. The van der Waals surface area contributed by atoms with Crippen LogP contribution in [-0.2, 0) is 17.5 Å². The van der Waals surface area contributed by atoms with Crippen LogP contribution in [0.2, 0.25) is 5.02 Å². The van der Waals surface area contributed by atoms with Crippen LogP contribution in [0.25, 0.3) is 0 Å². The highest BCUT2D eigenvalue weighted by atomic mass is 35.5. The average Bonchev–Trinajstić information content (AvgIpc) is 2.99. The molecule has 0 unspecified atom stereocenters. The quantitative estimate of drug-likeness (QED) is 0.426. The van der Waals surface area contributed by atoms with Gasteiger partial charge in [0.25, 0.3) is 5.91 Å². The number of aromatic nitrogens is 1. The van der Waals surface area contributed by atoms with Crippen molar-refractivity contribution in [1.29, 1.82) is 0 Å². The summed E-state index contributed by atoms with van der Waals surface area (Å²) in [5.41, 5.74) is 0.991. The number of ether oxygens (including phenoxy) is 1. The molecule has 1 amide bonds. The summed E-state index contributed by atoms with van der Waals surface area (Å²) in [5.74, 6) is -1.27. The number of nitrogens with zero attached hydrogens (tertiary/aromatic N) is 1. The summed E-state index contributed by atoms with van der Waals surface area (Å²) < 4.78 is 46.2. The van der Waals surface area contributed by atoms with E-state index in [0.29, 0.717) is 17.8 Å². The van der Waals surface area contributed by atoms with Crippen molar-refractivity contribution >= 4 is 29.2 Å². The zero-order valence-electron chi connectivity index (χ0n) is 18.2. The van der Waals surface area contributed by atoms with E-state index in [0.717, 1.165) is 23.8 Å². The minimum Gasteiger partial charge on any atom is -0.461 e. The van der Waals surface area contributed by atoms with Gasteiger partial charge in [-0.2, -0.15) is 13.2 Å². The summed E-state index contributed by atoms with van der Waals surface area (Å²) >= 11 is 6.03. The van der Waals surface area contributed by atoms with Crippen LogP contribution in [0.5, 0.6) is 0 Å². The van der Waals surface area contributed by atoms with E-state index in [4.69, 9.17) is 16.3 Å². The molecule has 0 bridgehead atoms. The van der Waals surface area contributed by atoms with E-state index < -0.39 is 23.6 Å². The van der Waals surface area contributed by atoms with Crippen LogP contribution in [0, 0.1) is 13.8 Å². The molecule has 0 atom stereocenters. The smallest absolute Gasteiger partial charge is 0.416 e. The first kappa shape index (κ1) is 24.4. The molecular formula is C24H22ClF3N2O3. The van der Waals surface area contributed by atoms with Crippen LogP contribution in [0.15, 0.2) is 48.5 Å². The molecule has 0 radical (unpaired) electrons. The number of benzene rings is 2. The van der Waals surface area contributed by atoms with E-state index in [-0.39, 0.29) is 28.6 Å². The van der Waals surface area contributed by atoms with E-state index >= 15 is 0 Å². The fraction of sp³-hybridized carbons (Fsp3) is 0.250. The van der Waals surface area contributed by atoms with Crippen LogP contribution < -0.4 is 5.32 Å². The van der Waals surface area contributed by atoms with Crippen molar-refractivity contribution in [2.45, 2.75) is 33.5 Å². The van der Waals surface area contributed by atoms with Gasteiger partial charge in [0.2, 0.25) is 0 Å². The molecule has 0 saturated carbocycles. The third-order valence-electron chi connectivity index (χ3n) is 5.19. The van der Waals surface area contributed by atoms with Gasteiger partial charge in [0.05, 0.1) is 28.4 Å². The fourth-order valence-electron chi connectivity index (χ4n) is 3.64. The Bertz CT molecular complexity index is 1190. The standard InChI is InChI=1S/C24H22ClF3N2O3/c1-4-33-23(32)21-14(2)20(15(3)30(21)13-16-8-6-5-7-9-16)22(31)29-19-12-17(24(26,27)28)10-11-18(19)25/h5-12H,4,13H2,1-3H3,(H,29,31). The Labute approximate surface area is 194 Å². The summed E-state index contributed by atoms with van der Waals surface area (Å²) in [6, 6.07) is 12.0. The molecule has 0 spiro atoms. The number of carbonyl (C=O) groups excluding carboxylic acids is 2. The summed E-state index contributed by atoms with van der Waals surface area (Å²) in [6.07, 6.45) is -4.59. The lowest BCUT2D eigenvalue weighted by molar-refractivity contribution is -0.137. The van der Waals surface area contributed by atoms with Gasteiger partial charge in [0.15, 0.2) is 0 Å². The van der Waals surface area contributed by atoms with Crippen LogP contribution in [-0.4, -0.2) is 23.1 Å². The van der Waals surface area contributed by atoms with E-state index in [2.05, 4.69) is 5.32 Å². The molecule has 174 valence electrons. The molecule has 5 nitrogen and oxygen atoms in total. The van der Waals surface area contributed by atoms with Gasteiger partial charge in [-0.05, 0) is 50.1 Å². The number of esters is 1. The van der Waals surface area contributed by atoms with Gasteiger partial charge in [0, 0.05) is 12.2 Å². The number of carbonyl (C=O) groups is 2. The topological polar surface area (TPSA) is 60.3 Å². The normalized spacial score (nSPS) is 11.4. The molecule has 33 heavy (non-hydrogen) atoms. The van der Waals surface area contributed by atoms with Crippen molar-refractivity contribution in [3.8, 4) is 0 Å². The highest BCUT2D eigenvalue weighted by Crippen LogP contribution is 2.34. The van der Waals surface area contributed by atoms with Gasteiger partial charge in [-0.3, -0.25) is 4.79 Å². The van der Waals surface area contributed by atoms with E-state index in [1.807, 2.05) is 30.3 Å². The second-order valence-electron chi connectivity index (χ2n) is 7.37. The number of amides is 1. The van der Waals surface area contributed by atoms with Gasteiger partial charge in [-0.1, -0.05) is 41.9 Å². The van der Waals surface area contributed by atoms with Crippen molar-refractivity contribution in [2.24, 2.45) is 0 Å². The third-order valence-corrected chi connectivity index (χ3v) is 5.52. The largest absolute Gasteiger partial charge is 0.461 e. The van der Waals surface area contributed by atoms with Gasteiger partial charge >= 0.3 is 12.1 Å². The van der Waals surface area contributed by atoms with Crippen molar-refractivity contribution in [1.82, 2.24) is 4.57 Å². The summed E-state index contributed by atoms with van der Waals surface area (Å²) in [7, 11) is 0. The number of nitrogens with one attached hydrogen (secondary N) is 1. The van der Waals surface area contributed by atoms with Gasteiger partial charge in [-0.15, -0.1) is 0 Å². The molecular weight excluding hydrogens is 457 g/mol. The Balaban J connectivity index is 2.05. The number of hydrogen-bond acceptors (Lipinski definition) is 3. The average molecular weight is 479 g/mol. The Hall–Kier alpha value is -3.26. The van der Waals surface area contributed by atoms with Crippen LogP contribution in [0.1, 0.15) is 50.2 Å². The predicted molar refractivity (Wildman–Crippen MR) is 120 cm³/mol.